The first-order chi connectivity index (χ1) is 19.0. The lowest BCUT2D eigenvalue weighted by molar-refractivity contribution is -0.141. The first-order valence-corrected chi connectivity index (χ1v) is 14.2. The van der Waals surface area contributed by atoms with E-state index in [0.29, 0.717) is 54.6 Å². The molecule has 40 heavy (non-hydrogen) atoms. The van der Waals surface area contributed by atoms with Crippen LogP contribution in [0.2, 0.25) is 0 Å². The van der Waals surface area contributed by atoms with Gasteiger partial charge >= 0.3 is 12.1 Å². The van der Waals surface area contributed by atoms with E-state index in [0.717, 1.165) is 16.4 Å². The maximum absolute atomic E-state index is 13.8. The highest BCUT2D eigenvalue weighted by molar-refractivity contribution is 7.93. The number of nitrogens with zero attached hydrogens (tertiary/aromatic N) is 1. The van der Waals surface area contributed by atoms with E-state index in [-0.39, 0.29) is 17.3 Å². The highest BCUT2D eigenvalue weighted by Crippen LogP contribution is 2.38. The lowest BCUT2D eigenvalue weighted by Crippen LogP contribution is -2.48. The van der Waals surface area contributed by atoms with Crippen LogP contribution in [0.5, 0.6) is 0 Å². The molecule has 3 aromatic rings. The number of para-hydroxylation sites is 1. The lowest BCUT2D eigenvalue weighted by atomic mass is 10.0. The van der Waals surface area contributed by atoms with Gasteiger partial charge in [0.1, 0.15) is 6.04 Å². The molecule has 1 amide bonds. The summed E-state index contributed by atoms with van der Waals surface area (Å²) in [5, 5.41) is 2.81. The molecule has 1 heterocycles. The molecule has 0 unspecified atom stereocenters. The smallest absolute Gasteiger partial charge is 0.416 e. The number of carbonyl (C=O) groups excluding carboxylic acids is 2. The van der Waals surface area contributed by atoms with Crippen molar-refractivity contribution in [1.82, 2.24) is 5.32 Å². The van der Waals surface area contributed by atoms with E-state index in [9.17, 15) is 31.2 Å². The van der Waals surface area contributed by atoms with E-state index < -0.39 is 33.7 Å². The highest BCUT2D eigenvalue weighted by atomic mass is 32.2. The molecule has 0 radical (unpaired) electrons. The summed E-state index contributed by atoms with van der Waals surface area (Å²) in [5.74, 6) is -0.732. The molecular formula is C29H29F3N2O5S. The first kappa shape index (κ1) is 29.1. The van der Waals surface area contributed by atoms with Gasteiger partial charge in [0.2, 0.25) is 5.91 Å². The second-order valence-electron chi connectivity index (χ2n) is 9.43. The molecule has 212 valence electrons. The van der Waals surface area contributed by atoms with Gasteiger partial charge in [-0.05, 0) is 59.9 Å². The van der Waals surface area contributed by atoms with Gasteiger partial charge in [0, 0.05) is 19.4 Å². The number of methoxy groups -OCH3 is 1. The number of halogens is 3. The van der Waals surface area contributed by atoms with Crippen molar-refractivity contribution in [2.75, 3.05) is 18.0 Å². The van der Waals surface area contributed by atoms with Gasteiger partial charge in [0.25, 0.3) is 10.0 Å². The Hall–Kier alpha value is -3.86. The number of benzene rings is 3. The number of hydrogen-bond acceptors (Lipinski definition) is 5. The fraction of sp³-hybridized carbons (Fsp3) is 0.310. The number of nitrogens with one attached hydrogen (secondary N) is 1. The van der Waals surface area contributed by atoms with Gasteiger partial charge < -0.3 is 10.1 Å². The van der Waals surface area contributed by atoms with Crippen LogP contribution in [0, 0.1) is 0 Å². The minimum Gasteiger partial charge on any atom is -0.469 e. The molecule has 0 spiro atoms. The van der Waals surface area contributed by atoms with Gasteiger partial charge in [-0.3, -0.25) is 13.9 Å². The van der Waals surface area contributed by atoms with Gasteiger partial charge in [-0.15, -0.1) is 0 Å². The Morgan fingerprint density at radius 2 is 1.68 bits per heavy atom. The van der Waals surface area contributed by atoms with Crippen LogP contribution in [0.15, 0.2) is 77.7 Å². The predicted molar refractivity (Wildman–Crippen MR) is 144 cm³/mol. The third kappa shape index (κ3) is 6.47. The Morgan fingerprint density at radius 1 is 0.950 bits per heavy atom. The summed E-state index contributed by atoms with van der Waals surface area (Å²) >= 11 is 0. The number of ether oxygens (including phenoxy) is 1. The molecular weight excluding hydrogens is 545 g/mol. The molecule has 1 N–H and O–H groups in total. The summed E-state index contributed by atoms with van der Waals surface area (Å²) in [6.07, 6.45) is -2.07. The van der Waals surface area contributed by atoms with E-state index >= 15 is 0 Å². The van der Waals surface area contributed by atoms with Gasteiger partial charge in [-0.2, -0.15) is 13.2 Å². The van der Waals surface area contributed by atoms with Crippen molar-refractivity contribution in [3.05, 3.63) is 83.9 Å². The van der Waals surface area contributed by atoms with Gasteiger partial charge in [-0.25, -0.2) is 8.42 Å². The van der Waals surface area contributed by atoms with E-state index in [1.54, 1.807) is 24.3 Å². The van der Waals surface area contributed by atoms with E-state index in [4.69, 9.17) is 0 Å². The lowest BCUT2D eigenvalue weighted by Gasteiger charge is -2.26. The Kier molecular flexibility index (Phi) is 8.82. The number of sulfonamides is 1. The first-order valence-electron chi connectivity index (χ1n) is 12.8. The number of amides is 1. The van der Waals surface area contributed by atoms with Crippen molar-refractivity contribution >= 4 is 27.6 Å². The molecule has 4 rings (SSSR count). The molecule has 0 fully saturated rings. The average molecular weight is 575 g/mol. The zero-order valence-electron chi connectivity index (χ0n) is 21.8. The van der Waals surface area contributed by atoms with Gasteiger partial charge in [0.05, 0.1) is 23.3 Å². The summed E-state index contributed by atoms with van der Waals surface area (Å²) in [5.41, 5.74) is 1.04. The second kappa shape index (κ2) is 12.1. The summed E-state index contributed by atoms with van der Waals surface area (Å²) < 4.78 is 72.8. The van der Waals surface area contributed by atoms with E-state index in [1.165, 1.54) is 43.5 Å². The van der Waals surface area contributed by atoms with Crippen LogP contribution in [0.3, 0.4) is 0 Å². The van der Waals surface area contributed by atoms with Crippen molar-refractivity contribution in [2.24, 2.45) is 0 Å². The zero-order chi connectivity index (χ0) is 28.9. The maximum Gasteiger partial charge on any atom is 0.416 e. The van der Waals surface area contributed by atoms with Crippen molar-refractivity contribution in [1.29, 1.82) is 0 Å². The normalized spacial score (nSPS) is 15.0. The molecule has 1 atom stereocenters. The molecule has 1 aliphatic heterocycles. The monoisotopic (exact) mass is 574 g/mol. The number of alkyl halides is 3. The van der Waals surface area contributed by atoms with E-state index in [1.807, 2.05) is 0 Å². The summed E-state index contributed by atoms with van der Waals surface area (Å²) in [7, 11) is -2.86. The average Bonchev–Trinajstić information content (AvgIpc) is 3.35. The van der Waals surface area contributed by atoms with Crippen molar-refractivity contribution in [2.45, 2.75) is 49.2 Å². The van der Waals surface area contributed by atoms with Crippen molar-refractivity contribution < 1.29 is 35.9 Å². The predicted octanol–water partition coefficient (Wildman–Crippen LogP) is 5.34. The van der Waals surface area contributed by atoms with Crippen molar-refractivity contribution in [3.63, 3.8) is 0 Å². The molecule has 0 aliphatic carbocycles. The number of esters is 1. The highest BCUT2D eigenvalue weighted by Gasteiger charge is 2.42. The molecule has 0 bridgehead atoms. The quantitative estimate of drug-likeness (QED) is 0.261. The molecule has 3 aromatic carbocycles. The van der Waals surface area contributed by atoms with Crippen LogP contribution < -0.4 is 9.62 Å². The number of hydrogen-bond donors (Lipinski definition) is 1. The summed E-state index contributed by atoms with van der Waals surface area (Å²) in [4.78, 5) is 24.3. The van der Waals surface area contributed by atoms with Crippen LogP contribution in [0.4, 0.5) is 18.9 Å². The summed E-state index contributed by atoms with van der Waals surface area (Å²) in [6, 6.07) is 16.3. The Bertz CT molecular complexity index is 1470. The third-order valence-corrected chi connectivity index (χ3v) is 8.58. The molecule has 1 aliphatic rings. The molecule has 0 saturated carbocycles. The SMILES string of the molecule is COC(=O)CCCCCNC(=O)[C@@H]1Cc2ccccc2N1S(=O)(=O)c1ccc(-c2cccc(C(F)(F)F)c2)cc1. The van der Waals surface area contributed by atoms with Crippen LogP contribution in [-0.4, -0.2) is 40.0 Å². The number of anilines is 1. The fourth-order valence-electron chi connectivity index (χ4n) is 4.66. The topological polar surface area (TPSA) is 92.8 Å². The van der Waals surface area contributed by atoms with Gasteiger partial charge in [0.15, 0.2) is 0 Å². The standard InChI is InChI=1S/C29H29F3N2O5S/c1-39-27(35)12-3-2-6-17-33-28(36)26-19-22-8-4-5-11-25(22)34(26)40(37,38)24-15-13-20(14-16-24)21-9-7-10-23(18-21)29(30,31)32/h4-5,7-11,13-16,18,26H,2-3,6,12,17,19H2,1H3,(H,33,36)/t26-/m0/s1. The number of fused-ring (bicyclic) bond motifs is 1. The van der Waals surface area contributed by atoms with E-state index in [2.05, 4.69) is 10.1 Å². The van der Waals surface area contributed by atoms with Crippen molar-refractivity contribution in [3.8, 4) is 11.1 Å². The third-order valence-electron chi connectivity index (χ3n) is 6.75. The minimum absolute atomic E-state index is 0.0828. The van der Waals surface area contributed by atoms with Gasteiger partial charge in [-0.1, -0.05) is 48.9 Å². The molecule has 0 aromatic heterocycles. The van der Waals surface area contributed by atoms with Crippen LogP contribution >= 0.6 is 0 Å². The Balaban J connectivity index is 1.52. The molecule has 0 saturated heterocycles. The fourth-order valence-corrected chi connectivity index (χ4v) is 6.31. The summed E-state index contributed by atoms with van der Waals surface area (Å²) in [6.45, 7) is 0.326. The number of carbonyl (C=O) groups is 2. The minimum atomic E-state index is -4.50. The maximum atomic E-state index is 13.8. The Morgan fingerprint density at radius 3 is 2.38 bits per heavy atom. The second-order valence-corrected chi connectivity index (χ2v) is 11.2. The van der Waals surface area contributed by atoms with Crippen LogP contribution in [-0.2, 0) is 36.9 Å². The number of unbranched alkanes of at least 4 members (excludes halogenated alkanes) is 2. The molecule has 7 nitrogen and oxygen atoms in total. The largest absolute Gasteiger partial charge is 0.469 e. The van der Waals surface area contributed by atoms with Crippen LogP contribution in [0.25, 0.3) is 11.1 Å². The number of rotatable bonds is 10. The zero-order valence-corrected chi connectivity index (χ0v) is 22.6. The molecule has 11 heteroatoms. The van der Waals surface area contributed by atoms with Crippen LogP contribution in [0.1, 0.15) is 36.8 Å². The Labute approximate surface area is 231 Å².